The predicted octanol–water partition coefficient (Wildman–Crippen LogP) is 2.43. The van der Waals surface area contributed by atoms with E-state index in [0.29, 0.717) is 5.70 Å². The second-order valence-electron chi connectivity index (χ2n) is 6.07. The molecule has 0 aliphatic heterocycles. The molecule has 22 heavy (non-hydrogen) atoms. The molecule has 4 N–H and O–H groups in total. The van der Waals surface area contributed by atoms with Crippen molar-refractivity contribution in [2.24, 2.45) is 5.73 Å². The van der Waals surface area contributed by atoms with E-state index in [-0.39, 0.29) is 6.54 Å². The van der Waals surface area contributed by atoms with Crippen molar-refractivity contribution < 1.29 is 14.6 Å². The van der Waals surface area contributed by atoms with Crippen LogP contribution in [0.5, 0.6) is 0 Å². The summed E-state index contributed by atoms with van der Waals surface area (Å²) in [5.74, 6) is 0. The fourth-order valence-corrected chi connectivity index (χ4v) is 1.79. The number of carbonyl (C=O) groups excluding carboxylic acids is 1. The smallest absolute Gasteiger partial charge is 0.411 e. The lowest BCUT2D eigenvalue weighted by molar-refractivity contribution is 0.0529. The number of hydrogen-bond donors (Lipinski definition) is 3. The van der Waals surface area contributed by atoms with Gasteiger partial charge in [-0.1, -0.05) is 31.2 Å². The lowest BCUT2D eigenvalue weighted by Gasteiger charge is -2.21. The molecule has 0 saturated carbocycles. The highest BCUT2D eigenvalue weighted by Crippen LogP contribution is 2.12. The summed E-state index contributed by atoms with van der Waals surface area (Å²) in [6.45, 7) is 7.42. The number of ether oxygens (including phenoxy) is 1. The van der Waals surface area contributed by atoms with Crippen LogP contribution in [0.4, 0.5) is 4.79 Å². The number of aryl methyl sites for hydroxylation is 1. The van der Waals surface area contributed by atoms with Crippen molar-refractivity contribution in [2.75, 3.05) is 6.54 Å². The molecule has 0 bridgehead atoms. The van der Waals surface area contributed by atoms with Gasteiger partial charge in [0.25, 0.3) is 0 Å². The molecule has 5 nitrogen and oxygen atoms in total. The van der Waals surface area contributed by atoms with Crippen molar-refractivity contribution in [1.82, 2.24) is 5.32 Å². The molecular formula is C17H26N2O3. The zero-order valence-corrected chi connectivity index (χ0v) is 13.7. The SMILES string of the molecule is CCc1ccc(/C=C(/NC(=O)OC(C)(C)C)[C@@H](O)CN)cc1. The minimum absolute atomic E-state index is 0.00861. The van der Waals surface area contributed by atoms with Crippen LogP contribution < -0.4 is 11.1 Å². The minimum Gasteiger partial charge on any atom is -0.444 e. The lowest BCUT2D eigenvalue weighted by Crippen LogP contribution is -2.37. The maximum atomic E-state index is 11.9. The molecule has 0 saturated heterocycles. The predicted molar refractivity (Wildman–Crippen MR) is 88.2 cm³/mol. The monoisotopic (exact) mass is 306 g/mol. The van der Waals surface area contributed by atoms with Gasteiger partial charge in [-0.05, 0) is 44.4 Å². The molecular weight excluding hydrogens is 280 g/mol. The summed E-state index contributed by atoms with van der Waals surface area (Å²) in [4.78, 5) is 11.9. The van der Waals surface area contributed by atoms with E-state index in [1.165, 1.54) is 5.56 Å². The average Bonchev–Trinajstić information content (AvgIpc) is 2.44. The van der Waals surface area contributed by atoms with Gasteiger partial charge in [0.1, 0.15) is 11.7 Å². The first-order valence-electron chi connectivity index (χ1n) is 7.44. The molecule has 0 heterocycles. The molecule has 1 rings (SSSR count). The molecule has 0 aliphatic rings. The van der Waals surface area contributed by atoms with Gasteiger partial charge in [-0.2, -0.15) is 0 Å². The highest BCUT2D eigenvalue weighted by molar-refractivity contribution is 5.72. The number of nitrogens with one attached hydrogen (secondary N) is 1. The van der Waals surface area contributed by atoms with E-state index < -0.39 is 17.8 Å². The molecule has 0 fully saturated rings. The highest BCUT2D eigenvalue weighted by atomic mass is 16.6. The van der Waals surface area contributed by atoms with E-state index in [9.17, 15) is 9.90 Å². The Morgan fingerprint density at radius 3 is 2.41 bits per heavy atom. The second kappa shape index (κ2) is 7.96. The highest BCUT2D eigenvalue weighted by Gasteiger charge is 2.19. The third-order valence-corrected chi connectivity index (χ3v) is 2.94. The van der Waals surface area contributed by atoms with Gasteiger partial charge in [-0.3, -0.25) is 5.32 Å². The second-order valence-corrected chi connectivity index (χ2v) is 6.07. The zero-order valence-electron chi connectivity index (χ0n) is 13.7. The minimum atomic E-state index is -0.960. The Morgan fingerprint density at radius 1 is 1.36 bits per heavy atom. The molecule has 0 aliphatic carbocycles. The van der Waals surface area contributed by atoms with Crippen LogP contribution in [-0.4, -0.2) is 29.4 Å². The van der Waals surface area contributed by atoms with Crippen LogP contribution in [0.1, 0.15) is 38.8 Å². The molecule has 122 valence electrons. The van der Waals surface area contributed by atoms with Crippen molar-refractivity contribution in [3.8, 4) is 0 Å². The van der Waals surface area contributed by atoms with Crippen LogP contribution in [0, 0.1) is 0 Å². The summed E-state index contributed by atoms with van der Waals surface area (Å²) < 4.78 is 5.19. The van der Waals surface area contributed by atoms with E-state index in [1.807, 2.05) is 24.3 Å². The average molecular weight is 306 g/mol. The van der Waals surface area contributed by atoms with Gasteiger partial charge < -0.3 is 15.6 Å². The molecule has 1 amide bonds. The maximum absolute atomic E-state index is 11.9. The lowest BCUT2D eigenvalue weighted by atomic mass is 10.1. The van der Waals surface area contributed by atoms with E-state index in [2.05, 4.69) is 12.2 Å². The first-order chi connectivity index (χ1) is 10.2. The van der Waals surface area contributed by atoms with E-state index >= 15 is 0 Å². The Hall–Kier alpha value is -1.85. The van der Waals surface area contributed by atoms with Gasteiger partial charge in [-0.25, -0.2) is 4.79 Å². The number of rotatable bonds is 5. The van der Waals surface area contributed by atoms with Crippen molar-refractivity contribution in [3.05, 3.63) is 41.1 Å². The fourth-order valence-electron chi connectivity index (χ4n) is 1.79. The molecule has 0 spiro atoms. The number of benzene rings is 1. The fraction of sp³-hybridized carbons (Fsp3) is 0.471. The van der Waals surface area contributed by atoms with Crippen molar-refractivity contribution >= 4 is 12.2 Å². The Labute approximate surface area is 132 Å². The quantitative estimate of drug-likeness (QED) is 0.780. The molecule has 0 unspecified atom stereocenters. The normalized spacial score (nSPS) is 13.6. The van der Waals surface area contributed by atoms with Crippen LogP contribution in [0.2, 0.25) is 0 Å². The van der Waals surface area contributed by atoms with Crippen LogP contribution in [-0.2, 0) is 11.2 Å². The summed E-state index contributed by atoms with van der Waals surface area (Å²) in [7, 11) is 0. The number of aliphatic hydroxyl groups excluding tert-OH is 1. The topological polar surface area (TPSA) is 84.6 Å². The van der Waals surface area contributed by atoms with Crippen molar-refractivity contribution in [1.29, 1.82) is 0 Å². The molecule has 1 aromatic rings. The van der Waals surface area contributed by atoms with Crippen LogP contribution in [0.3, 0.4) is 0 Å². The molecule has 0 radical (unpaired) electrons. The van der Waals surface area contributed by atoms with Gasteiger partial charge >= 0.3 is 6.09 Å². The van der Waals surface area contributed by atoms with Gasteiger partial charge in [0.2, 0.25) is 0 Å². The zero-order chi connectivity index (χ0) is 16.8. The summed E-state index contributed by atoms with van der Waals surface area (Å²) >= 11 is 0. The number of hydrogen-bond acceptors (Lipinski definition) is 4. The Kier molecular flexibility index (Phi) is 6.59. The van der Waals surface area contributed by atoms with E-state index in [0.717, 1.165) is 12.0 Å². The Bertz CT molecular complexity index is 516. The van der Waals surface area contributed by atoms with Gasteiger partial charge in [0, 0.05) is 6.54 Å². The van der Waals surface area contributed by atoms with Crippen LogP contribution in [0.25, 0.3) is 6.08 Å². The first-order valence-corrected chi connectivity index (χ1v) is 7.44. The van der Waals surface area contributed by atoms with Gasteiger partial charge in [0.05, 0.1) is 5.70 Å². The molecule has 1 aromatic carbocycles. The number of alkyl carbamates (subject to hydrolysis) is 1. The van der Waals surface area contributed by atoms with Gasteiger partial charge in [-0.15, -0.1) is 0 Å². The summed E-state index contributed by atoms with van der Waals surface area (Å²) in [5.41, 5.74) is 7.30. The Morgan fingerprint density at radius 2 is 1.95 bits per heavy atom. The third-order valence-electron chi connectivity index (χ3n) is 2.94. The first kappa shape index (κ1) is 18.2. The molecule has 1 atom stereocenters. The summed E-state index contributed by atoms with van der Waals surface area (Å²) in [6, 6.07) is 7.87. The molecule has 5 heteroatoms. The van der Waals surface area contributed by atoms with Gasteiger partial charge in [0.15, 0.2) is 0 Å². The molecule has 0 aromatic heterocycles. The number of carbonyl (C=O) groups is 1. The van der Waals surface area contributed by atoms with Crippen molar-refractivity contribution in [2.45, 2.75) is 45.8 Å². The summed E-state index contributed by atoms with van der Waals surface area (Å²) in [6.07, 6.45) is 1.08. The Balaban J connectivity index is 2.91. The standard InChI is InChI=1S/C17H26N2O3/c1-5-12-6-8-13(9-7-12)10-14(15(20)11-18)19-16(21)22-17(2,3)4/h6-10,15,20H,5,11,18H2,1-4H3,(H,19,21)/b14-10+/t15-/m0/s1. The van der Waals surface area contributed by atoms with Crippen LogP contribution in [0.15, 0.2) is 30.0 Å². The van der Waals surface area contributed by atoms with Crippen LogP contribution >= 0.6 is 0 Å². The van der Waals surface area contributed by atoms with Crippen molar-refractivity contribution in [3.63, 3.8) is 0 Å². The largest absolute Gasteiger partial charge is 0.444 e. The number of aliphatic hydroxyl groups is 1. The number of amides is 1. The van der Waals surface area contributed by atoms with E-state index in [1.54, 1.807) is 26.8 Å². The third kappa shape index (κ3) is 6.28. The number of nitrogens with two attached hydrogens (primary N) is 1. The van der Waals surface area contributed by atoms with E-state index in [4.69, 9.17) is 10.5 Å². The summed E-state index contributed by atoms with van der Waals surface area (Å²) in [5, 5.41) is 12.5. The maximum Gasteiger partial charge on any atom is 0.411 e.